The molecule has 7 heteroatoms. The van der Waals surface area contributed by atoms with Gasteiger partial charge in [0, 0.05) is 31.0 Å². The van der Waals surface area contributed by atoms with Crippen LogP contribution in [0.1, 0.15) is 44.7 Å². The molecular weight excluding hydrogens is 393 g/mol. The molecule has 0 aliphatic carbocycles. The Kier molecular flexibility index (Phi) is 6.48. The summed E-state index contributed by atoms with van der Waals surface area (Å²) in [5, 5.41) is 4.07. The fourth-order valence-corrected chi connectivity index (χ4v) is 3.26. The monoisotopic (exact) mass is 418 g/mol. The van der Waals surface area contributed by atoms with Crippen molar-refractivity contribution >= 4 is 11.6 Å². The SMILES string of the molecule is CC(C)(C)CC(=O)N(Cc1ccc(F)cc1F)CC1CC(c2ccc(F)cc2)=NO1. The topological polar surface area (TPSA) is 41.9 Å². The van der Waals surface area contributed by atoms with Crippen LogP contribution in [0.15, 0.2) is 47.6 Å². The first-order valence-electron chi connectivity index (χ1n) is 9.81. The molecule has 2 aromatic rings. The van der Waals surface area contributed by atoms with Gasteiger partial charge in [-0.1, -0.05) is 44.1 Å². The van der Waals surface area contributed by atoms with Crippen LogP contribution in [-0.2, 0) is 16.2 Å². The van der Waals surface area contributed by atoms with Gasteiger partial charge in [-0.15, -0.1) is 0 Å². The second-order valence-corrected chi connectivity index (χ2v) is 8.72. The first-order valence-corrected chi connectivity index (χ1v) is 9.81. The predicted octanol–water partition coefficient (Wildman–Crippen LogP) is 5.06. The molecule has 0 N–H and O–H groups in total. The van der Waals surface area contributed by atoms with E-state index in [4.69, 9.17) is 4.84 Å². The van der Waals surface area contributed by atoms with Gasteiger partial charge < -0.3 is 9.74 Å². The number of nitrogens with zero attached hydrogens (tertiary/aromatic N) is 2. The van der Waals surface area contributed by atoms with E-state index in [-0.39, 0.29) is 42.2 Å². The molecule has 1 heterocycles. The third kappa shape index (κ3) is 5.84. The molecule has 1 aliphatic rings. The Bertz CT molecular complexity index is 936. The van der Waals surface area contributed by atoms with Gasteiger partial charge in [0.2, 0.25) is 5.91 Å². The number of carbonyl (C=O) groups is 1. The summed E-state index contributed by atoms with van der Waals surface area (Å²) >= 11 is 0. The summed E-state index contributed by atoms with van der Waals surface area (Å²) in [6.45, 7) is 6.06. The van der Waals surface area contributed by atoms with E-state index in [1.54, 1.807) is 12.1 Å². The molecule has 1 amide bonds. The highest BCUT2D eigenvalue weighted by atomic mass is 19.1. The van der Waals surface area contributed by atoms with E-state index in [1.807, 2.05) is 20.8 Å². The van der Waals surface area contributed by atoms with Crippen molar-refractivity contribution < 1.29 is 22.8 Å². The fraction of sp³-hybridized carbons (Fsp3) is 0.391. The lowest BCUT2D eigenvalue weighted by atomic mass is 9.91. The zero-order chi connectivity index (χ0) is 21.9. The Balaban J connectivity index is 1.72. The minimum Gasteiger partial charge on any atom is -0.390 e. The maximum Gasteiger partial charge on any atom is 0.223 e. The van der Waals surface area contributed by atoms with Gasteiger partial charge in [-0.25, -0.2) is 13.2 Å². The summed E-state index contributed by atoms with van der Waals surface area (Å²) in [6.07, 6.45) is 0.308. The van der Waals surface area contributed by atoms with E-state index in [1.165, 1.54) is 29.2 Å². The zero-order valence-corrected chi connectivity index (χ0v) is 17.3. The molecule has 1 unspecified atom stereocenters. The normalized spacial score (nSPS) is 16.2. The smallest absolute Gasteiger partial charge is 0.223 e. The van der Waals surface area contributed by atoms with Crippen molar-refractivity contribution in [3.63, 3.8) is 0 Å². The van der Waals surface area contributed by atoms with Crippen molar-refractivity contribution in [1.29, 1.82) is 0 Å². The number of hydrogen-bond acceptors (Lipinski definition) is 3. The summed E-state index contributed by atoms with van der Waals surface area (Å²) in [5.41, 5.74) is 1.40. The minimum absolute atomic E-state index is 0.00671. The molecule has 0 spiro atoms. The Morgan fingerprint density at radius 1 is 1.10 bits per heavy atom. The molecule has 4 nitrogen and oxygen atoms in total. The molecule has 30 heavy (non-hydrogen) atoms. The van der Waals surface area contributed by atoms with Crippen LogP contribution in [-0.4, -0.2) is 29.2 Å². The van der Waals surface area contributed by atoms with Crippen molar-refractivity contribution in [3.8, 4) is 0 Å². The highest BCUT2D eigenvalue weighted by Gasteiger charge is 2.29. The number of hydrogen-bond donors (Lipinski definition) is 0. The van der Waals surface area contributed by atoms with Crippen molar-refractivity contribution in [2.45, 2.75) is 46.3 Å². The van der Waals surface area contributed by atoms with E-state index in [0.717, 1.165) is 11.6 Å². The van der Waals surface area contributed by atoms with Crippen LogP contribution in [0.25, 0.3) is 0 Å². The van der Waals surface area contributed by atoms with E-state index < -0.39 is 17.7 Å². The van der Waals surface area contributed by atoms with Gasteiger partial charge >= 0.3 is 0 Å². The molecule has 0 radical (unpaired) electrons. The average Bonchev–Trinajstić information content (AvgIpc) is 3.11. The molecule has 2 aromatic carbocycles. The number of carbonyl (C=O) groups excluding carboxylic acids is 1. The van der Waals surface area contributed by atoms with Crippen LogP contribution < -0.4 is 0 Å². The minimum atomic E-state index is -0.695. The Morgan fingerprint density at radius 3 is 2.40 bits per heavy atom. The van der Waals surface area contributed by atoms with Gasteiger partial charge in [-0.2, -0.15) is 0 Å². The highest BCUT2D eigenvalue weighted by molar-refractivity contribution is 6.01. The first-order chi connectivity index (χ1) is 14.1. The lowest BCUT2D eigenvalue weighted by molar-refractivity contribution is -0.135. The van der Waals surface area contributed by atoms with Crippen LogP contribution in [0, 0.1) is 22.9 Å². The third-order valence-electron chi connectivity index (χ3n) is 4.75. The van der Waals surface area contributed by atoms with Crippen LogP contribution in [0.3, 0.4) is 0 Å². The molecule has 1 aliphatic heterocycles. The zero-order valence-electron chi connectivity index (χ0n) is 17.3. The quantitative estimate of drug-likeness (QED) is 0.658. The van der Waals surface area contributed by atoms with E-state index in [0.29, 0.717) is 12.1 Å². The molecule has 0 aromatic heterocycles. The number of amides is 1. The molecule has 0 saturated heterocycles. The van der Waals surface area contributed by atoms with Crippen LogP contribution >= 0.6 is 0 Å². The molecule has 3 rings (SSSR count). The Morgan fingerprint density at radius 2 is 1.77 bits per heavy atom. The summed E-state index contributed by atoms with van der Waals surface area (Å²) < 4.78 is 40.6. The van der Waals surface area contributed by atoms with E-state index in [2.05, 4.69) is 5.16 Å². The van der Waals surface area contributed by atoms with Crippen LogP contribution in [0.5, 0.6) is 0 Å². The van der Waals surface area contributed by atoms with Crippen LogP contribution in [0.4, 0.5) is 13.2 Å². The summed E-state index contributed by atoms with van der Waals surface area (Å²) in [4.78, 5) is 19.9. The number of oxime groups is 1. The molecule has 0 bridgehead atoms. The molecular formula is C23H25F3N2O2. The van der Waals surface area contributed by atoms with Gasteiger partial charge in [-0.3, -0.25) is 4.79 Å². The van der Waals surface area contributed by atoms with Gasteiger partial charge in [0.1, 0.15) is 17.5 Å². The number of halogens is 3. The summed E-state index contributed by atoms with van der Waals surface area (Å²) in [7, 11) is 0. The standard InChI is InChI=1S/C23H25F3N2O2/c1-23(2,3)12-22(29)28(13-16-6-9-18(25)10-20(16)26)14-19-11-21(27-30-19)15-4-7-17(24)8-5-15/h4-10,19H,11-14H2,1-3H3. The number of benzene rings is 2. The molecule has 1 atom stereocenters. The summed E-state index contributed by atoms with van der Waals surface area (Å²) in [5.74, 6) is -1.85. The van der Waals surface area contributed by atoms with Crippen molar-refractivity contribution in [2.24, 2.45) is 10.6 Å². The van der Waals surface area contributed by atoms with Crippen LogP contribution in [0.2, 0.25) is 0 Å². The second-order valence-electron chi connectivity index (χ2n) is 8.72. The van der Waals surface area contributed by atoms with Crippen molar-refractivity contribution in [2.75, 3.05) is 6.54 Å². The Hall–Kier alpha value is -2.83. The number of rotatable bonds is 6. The first kappa shape index (κ1) is 21.9. The highest BCUT2D eigenvalue weighted by Crippen LogP contribution is 2.24. The summed E-state index contributed by atoms with van der Waals surface area (Å²) in [6, 6.07) is 9.27. The van der Waals surface area contributed by atoms with Gasteiger partial charge in [0.05, 0.1) is 12.3 Å². The fourth-order valence-electron chi connectivity index (χ4n) is 3.26. The lowest BCUT2D eigenvalue weighted by Crippen LogP contribution is -2.39. The largest absolute Gasteiger partial charge is 0.390 e. The Labute approximate surface area is 174 Å². The third-order valence-corrected chi connectivity index (χ3v) is 4.75. The van der Waals surface area contributed by atoms with Gasteiger partial charge in [0.25, 0.3) is 0 Å². The molecule has 160 valence electrons. The van der Waals surface area contributed by atoms with Gasteiger partial charge in [0.15, 0.2) is 6.10 Å². The second kappa shape index (κ2) is 8.90. The lowest BCUT2D eigenvalue weighted by Gasteiger charge is -2.28. The predicted molar refractivity (Wildman–Crippen MR) is 108 cm³/mol. The van der Waals surface area contributed by atoms with Crippen molar-refractivity contribution in [3.05, 3.63) is 71.0 Å². The maximum absolute atomic E-state index is 14.2. The van der Waals surface area contributed by atoms with E-state index in [9.17, 15) is 18.0 Å². The average molecular weight is 418 g/mol. The molecule has 0 saturated carbocycles. The van der Waals surface area contributed by atoms with E-state index >= 15 is 0 Å². The maximum atomic E-state index is 14.2. The van der Waals surface area contributed by atoms with Crippen molar-refractivity contribution in [1.82, 2.24) is 4.90 Å². The van der Waals surface area contributed by atoms with Gasteiger partial charge in [-0.05, 0) is 29.2 Å². The molecule has 0 fully saturated rings.